The fraction of sp³-hybridized carbons (Fsp3) is 0.680. The zero-order chi connectivity index (χ0) is 21.8. The maximum atomic E-state index is 5.57. The first-order valence-corrected chi connectivity index (χ1v) is 12.0. The molecular formula is C25H38N4O2. The van der Waals surface area contributed by atoms with Gasteiger partial charge in [-0.25, -0.2) is 9.97 Å². The Morgan fingerprint density at radius 3 is 2.29 bits per heavy atom. The van der Waals surface area contributed by atoms with Crippen molar-refractivity contribution in [3.8, 4) is 11.5 Å². The summed E-state index contributed by atoms with van der Waals surface area (Å²) in [6.07, 6.45) is 9.86. The molecule has 2 aliphatic rings. The highest BCUT2D eigenvalue weighted by atomic mass is 16.5. The highest BCUT2D eigenvalue weighted by Gasteiger charge is 2.23. The first kappa shape index (κ1) is 22.1. The molecule has 4 rings (SSSR count). The number of anilines is 1. The van der Waals surface area contributed by atoms with Gasteiger partial charge in [0.25, 0.3) is 0 Å². The van der Waals surface area contributed by atoms with Crippen LogP contribution in [-0.2, 0) is 6.42 Å². The molecule has 6 nitrogen and oxygen atoms in total. The molecule has 2 aromatic rings. The predicted molar refractivity (Wildman–Crippen MR) is 126 cm³/mol. The van der Waals surface area contributed by atoms with Crippen molar-refractivity contribution in [3.63, 3.8) is 0 Å². The van der Waals surface area contributed by atoms with E-state index in [9.17, 15) is 0 Å². The lowest BCUT2D eigenvalue weighted by Crippen LogP contribution is -2.42. The van der Waals surface area contributed by atoms with Crippen molar-refractivity contribution in [1.29, 1.82) is 0 Å². The number of likely N-dealkylation sites (tertiary alicyclic amines) is 1. The molecular weight excluding hydrogens is 388 g/mol. The van der Waals surface area contributed by atoms with Gasteiger partial charge in [0, 0.05) is 43.0 Å². The van der Waals surface area contributed by atoms with Crippen LogP contribution in [0.5, 0.6) is 11.5 Å². The maximum Gasteiger partial charge on any atom is 0.162 e. The second-order valence-corrected chi connectivity index (χ2v) is 9.47. The number of rotatable bonds is 7. The van der Waals surface area contributed by atoms with Gasteiger partial charge in [-0.15, -0.1) is 0 Å². The van der Waals surface area contributed by atoms with Crippen LogP contribution < -0.4 is 14.8 Å². The van der Waals surface area contributed by atoms with Crippen LogP contribution >= 0.6 is 0 Å². The lowest BCUT2D eigenvalue weighted by atomic mass is 9.87. The van der Waals surface area contributed by atoms with Gasteiger partial charge in [0.15, 0.2) is 11.5 Å². The van der Waals surface area contributed by atoms with Crippen molar-refractivity contribution in [2.24, 2.45) is 5.92 Å². The third kappa shape index (κ3) is 5.22. The van der Waals surface area contributed by atoms with Crippen molar-refractivity contribution in [2.75, 3.05) is 32.6 Å². The highest BCUT2D eigenvalue weighted by molar-refractivity contribution is 5.92. The Hall–Kier alpha value is -2.08. The Bertz CT molecular complexity index is 871. The van der Waals surface area contributed by atoms with Crippen molar-refractivity contribution in [1.82, 2.24) is 14.9 Å². The largest absolute Gasteiger partial charge is 0.493 e. The standard InChI is InChI=1S/C25H38N4O2/c1-17(2)29-12-10-19(11-13-29)26-25-20-15-22(30-3)23(31-4)16-21(20)27-24(28-25)14-18-8-6-5-7-9-18/h15-19H,5-14H2,1-4H3,(H,26,27,28). The number of nitrogens with zero attached hydrogens (tertiary/aromatic N) is 3. The topological polar surface area (TPSA) is 59.5 Å². The fourth-order valence-electron chi connectivity index (χ4n) is 5.11. The molecule has 1 saturated carbocycles. The van der Waals surface area contributed by atoms with Gasteiger partial charge < -0.3 is 19.7 Å². The Morgan fingerprint density at radius 1 is 0.968 bits per heavy atom. The van der Waals surface area contributed by atoms with Gasteiger partial charge in [-0.1, -0.05) is 32.1 Å². The van der Waals surface area contributed by atoms with E-state index in [2.05, 4.69) is 24.1 Å². The summed E-state index contributed by atoms with van der Waals surface area (Å²) in [4.78, 5) is 12.5. The molecule has 0 bridgehead atoms. The van der Waals surface area contributed by atoms with Gasteiger partial charge in [-0.3, -0.25) is 0 Å². The van der Waals surface area contributed by atoms with Gasteiger partial charge in [0.05, 0.1) is 19.7 Å². The molecule has 1 N–H and O–H groups in total. The van der Waals surface area contributed by atoms with E-state index in [0.717, 1.165) is 60.6 Å². The Labute approximate surface area is 186 Å². The molecule has 31 heavy (non-hydrogen) atoms. The van der Waals surface area contributed by atoms with Crippen molar-refractivity contribution in [3.05, 3.63) is 18.0 Å². The quantitative estimate of drug-likeness (QED) is 0.668. The summed E-state index contributed by atoms with van der Waals surface area (Å²) in [5.74, 6) is 4.03. The molecule has 2 fully saturated rings. The first-order valence-electron chi connectivity index (χ1n) is 12.0. The van der Waals surface area contributed by atoms with Crippen molar-refractivity contribution < 1.29 is 9.47 Å². The maximum absolute atomic E-state index is 5.57. The van der Waals surface area contributed by atoms with Crippen LogP contribution in [0.4, 0.5) is 5.82 Å². The van der Waals surface area contributed by atoms with Crippen LogP contribution in [0.15, 0.2) is 12.1 Å². The van der Waals surface area contributed by atoms with Gasteiger partial charge in [0.2, 0.25) is 0 Å². The lowest BCUT2D eigenvalue weighted by molar-refractivity contribution is 0.177. The summed E-state index contributed by atoms with van der Waals surface area (Å²) in [6.45, 7) is 6.82. The number of aromatic nitrogens is 2. The third-order valence-electron chi connectivity index (χ3n) is 7.04. The molecule has 0 amide bonds. The summed E-state index contributed by atoms with van der Waals surface area (Å²) < 4.78 is 11.1. The zero-order valence-corrected chi connectivity index (χ0v) is 19.6. The summed E-state index contributed by atoms with van der Waals surface area (Å²) in [7, 11) is 3.35. The highest BCUT2D eigenvalue weighted by Crippen LogP contribution is 2.35. The van der Waals surface area contributed by atoms with Crippen LogP contribution in [-0.4, -0.2) is 54.3 Å². The SMILES string of the molecule is COc1cc2nc(CC3CCCCC3)nc(NC3CCN(C(C)C)CC3)c2cc1OC. The molecule has 170 valence electrons. The normalized spacial score (nSPS) is 19.1. The van der Waals surface area contributed by atoms with Crippen molar-refractivity contribution in [2.45, 2.75) is 77.3 Å². The van der Waals surface area contributed by atoms with E-state index in [1.807, 2.05) is 12.1 Å². The number of methoxy groups -OCH3 is 2. The first-order chi connectivity index (χ1) is 15.1. The van der Waals surface area contributed by atoms with Crippen LogP contribution in [0.3, 0.4) is 0 Å². The van der Waals surface area contributed by atoms with Crippen LogP contribution in [0.25, 0.3) is 10.9 Å². The molecule has 1 aromatic carbocycles. The van der Waals surface area contributed by atoms with E-state index in [0.29, 0.717) is 23.8 Å². The van der Waals surface area contributed by atoms with Gasteiger partial charge in [-0.05, 0) is 38.7 Å². The fourth-order valence-corrected chi connectivity index (χ4v) is 5.11. The minimum atomic E-state index is 0.434. The Balaban J connectivity index is 1.63. The molecule has 0 unspecified atom stereocenters. The summed E-state index contributed by atoms with van der Waals surface area (Å²) >= 11 is 0. The zero-order valence-electron chi connectivity index (χ0n) is 19.6. The molecule has 0 atom stereocenters. The van der Waals surface area contributed by atoms with E-state index in [-0.39, 0.29) is 0 Å². The van der Waals surface area contributed by atoms with E-state index in [1.165, 1.54) is 32.1 Å². The number of nitrogens with one attached hydrogen (secondary N) is 1. The van der Waals surface area contributed by atoms with E-state index in [4.69, 9.17) is 19.4 Å². The van der Waals surface area contributed by atoms with Gasteiger partial charge >= 0.3 is 0 Å². The molecule has 2 heterocycles. The van der Waals surface area contributed by atoms with Gasteiger partial charge in [0.1, 0.15) is 11.6 Å². The number of ether oxygens (including phenoxy) is 2. The molecule has 1 aliphatic carbocycles. The van der Waals surface area contributed by atoms with Crippen LogP contribution in [0.1, 0.15) is 64.6 Å². The summed E-state index contributed by atoms with van der Waals surface area (Å²) in [5, 5.41) is 4.79. The molecule has 0 spiro atoms. The molecule has 0 radical (unpaired) electrons. The monoisotopic (exact) mass is 426 g/mol. The second kappa shape index (κ2) is 10.0. The van der Waals surface area contributed by atoms with E-state index < -0.39 is 0 Å². The number of piperidine rings is 1. The van der Waals surface area contributed by atoms with E-state index in [1.54, 1.807) is 14.2 Å². The number of benzene rings is 1. The average molecular weight is 427 g/mol. The lowest BCUT2D eigenvalue weighted by Gasteiger charge is -2.35. The molecule has 1 aromatic heterocycles. The summed E-state index contributed by atoms with van der Waals surface area (Å²) in [5.41, 5.74) is 0.931. The number of hydrogen-bond acceptors (Lipinski definition) is 6. The third-order valence-corrected chi connectivity index (χ3v) is 7.04. The number of hydrogen-bond donors (Lipinski definition) is 1. The Kier molecular flexibility index (Phi) is 7.16. The minimum Gasteiger partial charge on any atom is -0.493 e. The van der Waals surface area contributed by atoms with Crippen molar-refractivity contribution >= 4 is 16.7 Å². The number of fused-ring (bicyclic) bond motifs is 1. The Morgan fingerprint density at radius 2 is 1.65 bits per heavy atom. The average Bonchev–Trinajstić information content (AvgIpc) is 2.79. The molecule has 6 heteroatoms. The van der Waals surface area contributed by atoms with Crippen LogP contribution in [0.2, 0.25) is 0 Å². The minimum absolute atomic E-state index is 0.434. The predicted octanol–water partition coefficient (Wildman–Crippen LogP) is 5.05. The summed E-state index contributed by atoms with van der Waals surface area (Å²) in [6, 6.07) is 5.06. The van der Waals surface area contributed by atoms with Gasteiger partial charge in [-0.2, -0.15) is 0 Å². The second-order valence-electron chi connectivity index (χ2n) is 9.47. The molecule has 1 saturated heterocycles. The smallest absolute Gasteiger partial charge is 0.162 e. The molecule has 1 aliphatic heterocycles. The van der Waals surface area contributed by atoms with E-state index >= 15 is 0 Å². The van der Waals surface area contributed by atoms with Crippen LogP contribution in [0, 0.1) is 5.92 Å².